The predicted octanol–water partition coefficient (Wildman–Crippen LogP) is 2.08. The van der Waals surface area contributed by atoms with E-state index in [1.165, 1.54) is 6.92 Å². The van der Waals surface area contributed by atoms with Gasteiger partial charge in [-0.25, -0.2) is 4.79 Å². The second-order valence-corrected chi connectivity index (χ2v) is 3.37. The summed E-state index contributed by atoms with van der Waals surface area (Å²) in [6.45, 7) is 4.36. The molecule has 1 aromatic carbocycles. The maximum Gasteiger partial charge on any atom is 0.332 e. The molecule has 0 unspecified atom stereocenters. The minimum Gasteiger partial charge on any atom is -0.494 e. The van der Waals surface area contributed by atoms with Crippen molar-refractivity contribution in [2.75, 3.05) is 6.61 Å². The third kappa shape index (κ3) is 3.90. The van der Waals surface area contributed by atoms with Gasteiger partial charge in [-0.15, -0.1) is 0 Å². The van der Waals surface area contributed by atoms with Crippen LogP contribution in [0.1, 0.15) is 19.4 Å². The highest BCUT2D eigenvalue weighted by Gasteiger charge is 2.10. The molecule has 0 aromatic heterocycles. The zero-order valence-corrected chi connectivity index (χ0v) is 9.47. The molecule has 0 radical (unpaired) electrons. The Morgan fingerprint density at radius 3 is 2.50 bits per heavy atom. The molecule has 0 heterocycles. The van der Waals surface area contributed by atoms with E-state index in [0.29, 0.717) is 13.2 Å². The van der Waals surface area contributed by atoms with Crippen molar-refractivity contribution >= 4 is 5.97 Å². The van der Waals surface area contributed by atoms with Crippen LogP contribution < -0.4 is 4.74 Å². The van der Waals surface area contributed by atoms with Crippen molar-refractivity contribution < 1.29 is 19.4 Å². The number of carboxylic acid groups (broad SMARTS) is 1. The zero-order chi connectivity index (χ0) is 12.0. The summed E-state index contributed by atoms with van der Waals surface area (Å²) in [5, 5.41) is 8.63. The number of benzene rings is 1. The Bertz CT molecular complexity index is 331. The number of carboxylic acids is 1. The summed E-state index contributed by atoms with van der Waals surface area (Å²) in [6.07, 6.45) is -0.786. The molecule has 4 nitrogen and oxygen atoms in total. The fourth-order valence-corrected chi connectivity index (χ4v) is 1.14. The molecule has 16 heavy (non-hydrogen) atoms. The maximum atomic E-state index is 10.5. The van der Waals surface area contributed by atoms with Crippen molar-refractivity contribution in [1.29, 1.82) is 0 Å². The van der Waals surface area contributed by atoms with Gasteiger partial charge in [0.2, 0.25) is 0 Å². The number of aliphatic carboxylic acids is 1. The first-order valence-electron chi connectivity index (χ1n) is 5.19. The second kappa shape index (κ2) is 6.12. The SMILES string of the molecule is CCOc1ccc(CO[C@H](C)C(=O)O)cc1. The highest BCUT2D eigenvalue weighted by molar-refractivity contribution is 5.71. The Morgan fingerprint density at radius 1 is 1.38 bits per heavy atom. The van der Waals surface area contributed by atoms with Crippen LogP contribution in [0, 0.1) is 0 Å². The monoisotopic (exact) mass is 224 g/mol. The average molecular weight is 224 g/mol. The van der Waals surface area contributed by atoms with Crippen molar-refractivity contribution in [3.8, 4) is 5.75 Å². The lowest BCUT2D eigenvalue weighted by atomic mass is 10.2. The molecule has 0 fully saturated rings. The quantitative estimate of drug-likeness (QED) is 0.803. The fraction of sp³-hybridized carbons (Fsp3) is 0.417. The molecule has 0 saturated carbocycles. The van der Waals surface area contributed by atoms with Gasteiger partial charge in [-0.2, -0.15) is 0 Å². The molecule has 0 saturated heterocycles. The summed E-state index contributed by atoms with van der Waals surface area (Å²) in [7, 11) is 0. The predicted molar refractivity (Wildman–Crippen MR) is 59.5 cm³/mol. The van der Waals surface area contributed by atoms with Gasteiger partial charge in [-0.1, -0.05) is 12.1 Å². The number of hydrogen-bond donors (Lipinski definition) is 1. The van der Waals surface area contributed by atoms with E-state index in [2.05, 4.69) is 0 Å². The smallest absolute Gasteiger partial charge is 0.332 e. The minimum absolute atomic E-state index is 0.292. The van der Waals surface area contributed by atoms with Crippen molar-refractivity contribution in [1.82, 2.24) is 0 Å². The molecule has 0 spiro atoms. The Morgan fingerprint density at radius 2 is 2.00 bits per heavy atom. The summed E-state index contributed by atoms with van der Waals surface area (Å²) in [6, 6.07) is 7.40. The molecule has 0 bridgehead atoms. The van der Waals surface area contributed by atoms with E-state index >= 15 is 0 Å². The Balaban J connectivity index is 2.46. The summed E-state index contributed by atoms with van der Waals surface area (Å²) in [5.41, 5.74) is 0.927. The number of ether oxygens (including phenoxy) is 2. The topological polar surface area (TPSA) is 55.8 Å². The first-order chi connectivity index (χ1) is 7.63. The molecule has 88 valence electrons. The van der Waals surface area contributed by atoms with E-state index in [-0.39, 0.29) is 0 Å². The van der Waals surface area contributed by atoms with Gasteiger partial charge in [0.05, 0.1) is 13.2 Å². The van der Waals surface area contributed by atoms with Crippen molar-refractivity contribution in [2.45, 2.75) is 26.6 Å². The van der Waals surface area contributed by atoms with Crippen LogP contribution in [0.25, 0.3) is 0 Å². The van der Waals surface area contributed by atoms with Gasteiger partial charge in [0, 0.05) is 0 Å². The Labute approximate surface area is 94.8 Å². The molecule has 0 aliphatic carbocycles. The Hall–Kier alpha value is -1.55. The van der Waals surface area contributed by atoms with Crippen LogP contribution in [0.4, 0.5) is 0 Å². The van der Waals surface area contributed by atoms with Crippen LogP contribution in [0.5, 0.6) is 5.75 Å². The zero-order valence-electron chi connectivity index (χ0n) is 9.47. The van der Waals surface area contributed by atoms with E-state index in [1.807, 2.05) is 31.2 Å². The van der Waals surface area contributed by atoms with Gasteiger partial charge in [-0.05, 0) is 31.5 Å². The van der Waals surface area contributed by atoms with Gasteiger partial charge >= 0.3 is 5.97 Å². The molecule has 1 rings (SSSR count). The number of hydrogen-bond acceptors (Lipinski definition) is 3. The molecule has 0 aliphatic rings. The van der Waals surface area contributed by atoms with Crippen molar-refractivity contribution in [3.63, 3.8) is 0 Å². The lowest BCUT2D eigenvalue weighted by molar-refractivity contribution is -0.149. The van der Waals surface area contributed by atoms with Gasteiger partial charge in [0.15, 0.2) is 6.10 Å². The summed E-state index contributed by atoms with van der Waals surface area (Å²) >= 11 is 0. The highest BCUT2D eigenvalue weighted by Crippen LogP contribution is 2.13. The van der Waals surface area contributed by atoms with Crippen LogP contribution >= 0.6 is 0 Å². The van der Waals surface area contributed by atoms with Crippen LogP contribution in [-0.4, -0.2) is 23.8 Å². The summed E-state index contributed by atoms with van der Waals surface area (Å²) in [5.74, 6) is -0.150. The molecule has 4 heteroatoms. The Kier molecular flexibility index (Phi) is 4.79. The molecule has 0 amide bonds. The lowest BCUT2D eigenvalue weighted by Crippen LogP contribution is -2.19. The van der Waals surface area contributed by atoms with Crippen LogP contribution in [0.2, 0.25) is 0 Å². The molecular weight excluding hydrogens is 208 g/mol. The largest absolute Gasteiger partial charge is 0.494 e. The van der Waals surface area contributed by atoms with Crippen molar-refractivity contribution in [3.05, 3.63) is 29.8 Å². The third-order valence-electron chi connectivity index (χ3n) is 2.08. The van der Waals surface area contributed by atoms with Gasteiger partial charge < -0.3 is 14.6 Å². The van der Waals surface area contributed by atoms with Gasteiger partial charge in [-0.3, -0.25) is 0 Å². The molecule has 1 atom stereocenters. The van der Waals surface area contributed by atoms with E-state index < -0.39 is 12.1 Å². The number of rotatable bonds is 6. The number of carbonyl (C=O) groups is 1. The normalized spacial score (nSPS) is 12.1. The van der Waals surface area contributed by atoms with Crippen LogP contribution in [-0.2, 0) is 16.1 Å². The molecule has 1 aromatic rings. The summed E-state index contributed by atoms with van der Waals surface area (Å²) in [4.78, 5) is 10.5. The highest BCUT2D eigenvalue weighted by atomic mass is 16.5. The van der Waals surface area contributed by atoms with E-state index in [1.54, 1.807) is 0 Å². The van der Waals surface area contributed by atoms with Crippen molar-refractivity contribution in [2.24, 2.45) is 0 Å². The maximum absolute atomic E-state index is 10.5. The first-order valence-corrected chi connectivity index (χ1v) is 5.19. The molecular formula is C12H16O4. The lowest BCUT2D eigenvalue weighted by Gasteiger charge is -2.09. The van der Waals surface area contributed by atoms with Gasteiger partial charge in [0.25, 0.3) is 0 Å². The average Bonchev–Trinajstić information content (AvgIpc) is 2.28. The minimum atomic E-state index is -0.953. The van der Waals surface area contributed by atoms with Crippen LogP contribution in [0.15, 0.2) is 24.3 Å². The molecule has 0 aliphatic heterocycles. The van der Waals surface area contributed by atoms with E-state index in [4.69, 9.17) is 14.6 Å². The first kappa shape index (κ1) is 12.5. The second-order valence-electron chi connectivity index (χ2n) is 3.37. The fourth-order valence-electron chi connectivity index (χ4n) is 1.14. The van der Waals surface area contributed by atoms with Gasteiger partial charge in [0.1, 0.15) is 5.75 Å². The van der Waals surface area contributed by atoms with E-state index in [0.717, 1.165) is 11.3 Å². The molecule has 1 N–H and O–H groups in total. The summed E-state index contributed by atoms with van der Waals surface area (Å²) < 4.78 is 10.4. The third-order valence-corrected chi connectivity index (χ3v) is 2.08. The van der Waals surface area contributed by atoms with Crippen LogP contribution in [0.3, 0.4) is 0 Å². The van der Waals surface area contributed by atoms with E-state index in [9.17, 15) is 4.79 Å². The standard InChI is InChI=1S/C12H16O4/c1-3-15-11-6-4-10(5-7-11)8-16-9(2)12(13)14/h4-7,9H,3,8H2,1-2H3,(H,13,14)/t9-/m1/s1.